The van der Waals surface area contributed by atoms with Crippen LogP contribution in [0.5, 0.6) is 0 Å². The van der Waals surface area contributed by atoms with Crippen molar-refractivity contribution in [2.45, 2.75) is 64.3 Å². The van der Waals surface area contributed by atoms with Crippen molar-refractivity contribution in [3.05, 3.63) is 0 Å². The van der Waals surface area contributed by atoms with Gasteiger partial charge in [0.25, 0.3) is 0 Å². The average molecular weight is 280 g/mol. The molecule has 2 saturated carbocycles. The number of amidine groups is 1. The molecule has 0 aromatic rings. The van der Waals surface area contributed by atoms with Crippen molar-refractivity contribution in [3.8, 4) is 0 Å². The normalized spacial score (nSPS) is 41.0. The summed E-state index contributed by atoms with van der Waals surface area (Å²) < 4.78 is 0. The van der Waals surface area contributed by atoms with Gasteiger partial charge in [0.2, 0.25) is 0 Å². The molecule has 1 saturated heterocycles. The molecule has 19 heavy (non-hydrogen) atoms. The van der Waals surface area contributed by atoms with Crippen molar-refractivity contribution in [2.24, 2.45) is 22.7 Å². The van der Waals surface area contributed by atoms with Gasteiger partial charge in [-0.25, -0.2) is 0 Å². The Morgan fingerprint density at radius 3 is 2.84 bits per heavy atom. The van der Waals surface area contributed by atoms with Crippen LogP contribution in [0.4, 0.5) is 0 Å². The maximum Gasteiger partial charge on any atom is 0.156 e. The molecule has 0 spiro atoms. The molecule has 3 aliphatic rings. The summed E-state index contributed by atoms with van der Waals surface area (Å²) in [6.45, 7) is 3.45. The summed E-state index contributed by atoms with van der Waals surface area (Å²) in [5.74, 6) is 4.15. The molecule has 3 fully saturated rings. The fourth-order valence-electron chi connectivity index (χ4n) is 3.87. The monoisotopic (exact) mass is 280 g/mol. The Morgan fingerprint density at radius 2 is 2.00 bits per heavy atom. The minimum absolute atomic E-state index is 0.746. The zero-order chi connectivity index (χ0) is 13.1. The lowest BCUT2D eigenvalue weighted by atomic mass is 9.81. The van der Waals surface area contributed by atoms with Crippen LogP contribution >= 0.6 is 11.8 Å². The molecule has 2 unspecified atom stereocenters. The number of nitrogens with zero attached hydrogens (tertiary/aromatic N) is 1. The Labute approximate surface area is 122 Å². The summed E-state index contributed by atoms with van der Waals surface area (Å²) in [7, 11) is 0. The predicted octanol–water partition coefficient (Wildman–Crippen LogP) is 4.06. The summed E-state index contributed by atoms with van der Waals surface area (Å²) in [5.41, 5.74) is 0. The molecule has 3 heteroatoms. The van der Waals surface area contributed by atoms with Gasteiger partial charge in [0, 0.05) is 18.3 Å². The summed E-state index contributed by atoms with van der Waals surface area (Å²) >= 11 is 1.97. The average Bonchev–Trinajstić information content (AvgIpc) is 2.88. The zero-order valence-electron chi connectivity index (χ0n) is 12.2. The van der Waals surface area contributed by atoms with Crippen LogP contribution in [0.3, 0.4) is 0 Å². The molecule has 3 rings (SSSR count). The predicted molar refractivity (Wildman–Crippen MR) is 84.8 cm³/mol. The van der Waals surface area contributed by atoms with Crippen LogP contribution in [0, 0.1) is 17.8 Å². The summed E-state index contributed by atoms with van der Waals surface area (Å²) in [6, 6.07) is 0.746. The molecule has 0 amide bonds. The van der Waals surface area contributed by atoms with Crippen LogP contribution < -0.4 is 5.32 Å². The molecule has 2 atom stereocenters. The highest BCUT2D eigenvalue weighted by Gasteiger charge is 2.31. The second kappa shape index (κ2) is 6.51. The molecule has 0 radical (unpaired) electrons. The summed E-state index contributed by atoms with van der Waals surface area (Å²) in [6.07, 6.45) is 11.3. The van der Waals surface area contributed by atoms with Crippen LogP contribution in [0.1, 0.15) is 58.3 Å². The van der Waals surface area contributed by atoms with E-state index >= 15 is 0 Å². The van der Waals surface area contributed by atoms with Gasteiger partial charge in [0.15, 0.2) is 5.17 Å². The number of hydrogen-bond acceptors (Lipinski definition) is 2. The van der Waals surface area contributed by atoms with Crippen molar-refractivity contribution in [1.82, 2.24) is 5.32 Å². The van der Waals surface area contributed by atoms with Crippen LogP contribution in [0.15, 0.2) is 4.99 Å². The van der Waals surface area contributed by atoms with E-state index in [9.17, 15) is 0 Å². The van der Waals surface area contributed by atoms with Gasteiger partial charge in [-0.1, -0.05) is 50.8 Å². The third-order valence-electron chi connectivity index (χ3n) is 5.33. The summed E-state index contributed by atoms with van der Waals surface area (Å²) in [5, 5.41) is 4.92. The van der Waals surface area contributed by atoms with Gasteiger partial charge in [-0.2, -0.15) is 0 Å². The molecule has 1 aliphatic heterocycles. The van der Waals surface area contributed by atoms with Gasteiger partial charge in [-0.15, -0.1) is 0 Å². The Bertz CT molecular complexity index is 321. The second-order valence-corrected chi connectivity index (χ2v) is 7.86. The first kappa shape index (κ1) is 13.8. The topological polar surface area (TPSA) is 24.4 Å². The molecular formula is C16H28N2S. The second-order valence-electron chi connectivity index (χ2n) is 6.85. The van der Waals surface area contributed by atoms with E-state index in [0.717, 1.165) is 30.3 Å². The van der Waals surface area contributed by atoms with E-state index in [1.54, 1.807) is 0 Å². The number of hydrogen-bond donors (Lipinski definition) is 1. The first-order valence-electron chi connectivity index (χ1n) is 8.25. The fourth-order valence-corrected chi connectivity index (χ4v) is 5.06. The van der Waals surface area contributed by atoms with E-state index in [-0.39, 0.29) is 0 Å². The maximum atomic E-state index is 4.83. The largest absolute Gasteiger partial charge is 0.362 e. The standard InChI is InChI=1S/C16H28N2S/c1-12-5-7-13(8-6-12)9-10-17-16-18-15-4-2-3-14(15)11-19-16/h12-15H,2-11H2,1H3,(H,17,18). The van der Waals surface area contributed by atoms with E-state index in [2.05, 4.69) is 12.2 Å². The van der Waals surface area contributed by atoms with E-state index in [4.69, 9.17) is 4.99 Å². The van der Waals surface area contributed by atoms with Crippen molar-refractivity contribution in [3.63, 3.8) is 0 Å². The molecule has 2 aliphatic carbocycles. The van der Waals surface area contributed by atoms with Crippen molar-refractivity contribution < 1.29 is 0 Å². The lowest BCUT2D eigenvalue weighted by Crippen LogP contribution is -2.41. The van der Waals surface area contributed by atoms with Gasteiger partial charge in [-0.05, 0) is 37.0 Å². The van der Waals surface area contributed by atoms with Crippen LogP contribution in [-0.2, 0) is 0 Å². The van der Waals surface area contributed by atoms with Crippen molar-refractivity contribution >= 4 is 16.9 Å². The molecule has 0 bridgehead atoms. The molecule has 0 aromatic heterocycles. The zero-order valence-corrected chi connectivity index (χ0v) is 13.1. The number of thioether (sulfide) groups is 1. The highest BCUT2D eigenvalue weighted by atomic mass is 32.2. The van der Waals surface area contributed by atoms with E-state index in [0.29, 0.717) is 0 Å². The van der Waals surface area contributed by atoms with E-state index in [1.807, 2.05) is 11.8 Å². The molecular weight excluding hydrogens is 252 g/mol. The maximum absolute atomic E-state index is 4.83. The Hall–Kier alpha value is -0.180. The molecule has 1 N–H and O–H groups in total. The Balaban J connectivity index is 1.40. The number of aliphatic imine (C=N–C) groups is 1. The Kier molecular flexibility index (Phi) is 4.73. The molecule has 2 nitrogen and oxygen atoms in total. The van der Waals surface area contributed by atoms with Gasteiger partial charge >= 0.3 is 0 Å². The van der Waals surface area contributed by atoms with Crippen molar-refractivity contribution in [2.75, 3.05) is 12.3 Å². The van der Waals surface area contributed by atoms with Gasteiger partial charge in [0.1, 0.15) is 0 Å². The van der Waals surface area contributed by atoms with Crippen LogP contribution in [-0.4, -0.2) is 23.5 Å². The quantitative estimate of drug-likeness (QED) is 0.843. The van der Waals surface area contributed by atoms with Gasteiger partial charge in [0.05, 0.1) is 0 Å². The number of nitrogens with one attached hydrogen (secondary N) is 1. The molecule has 1 heterocycles. The van der Waals surface area contributed by atoms with Gasteiger partial charge in [-0.3, -0.25) is 4.99 Å². The highest BCUT2D eigenvalue weighted by molar-refractivity contribution is 8.13. The minimum Gasteiger partial charge on any atom is -0.362 e. The first-order chi connectivity index (χ1) is 9.31. The van der Waals surface area contributed by atoms with Crippen molar-refractivity contribution in [1.29, 1.82) is 0 Å². The van der Waals surface area contributed by atoms with Crippen LogP contribution in [0.25, 0.3) is 0 Å². The third kappa shape index (κ3) is 3.68. The lowest BCUT2D eigenvalue weighted by Gasteiger charge is -2.28. The lowest BCUT2D eigenvalue weighted by molar-refractivity contribution is 0.280. The third-order valence-corrected chi connectivity index (χ3v) is 6.45. The van der Waals surface area contributed by atoms with E-state index in [1.165, 1.54) is 62.3 Å². The Morgan fingerprint density at radius 1 is 1.16 bits per heavy atom. The number of rotatable bonds is 3. The highest BCUT2D eigenvalue weighted by Crippen LogP contribution is 2.33. The minimum atomic E-state index is 0.746. The number of fused-ring (bicyclic) bond motifs is 1. The van der Waals surface area contributed by atoms with Gasteiger partial charge < -0.3 is 5.32 Å². The SMILES string of the molecule is CC1CCC(CCN=C2NC3CCCC3CS2)CC1. The smallest absolute Gasteiger partial charge is 0.156 e. The van der Waals surface area contributed by atoms with Crippen LogP contribution in [0.2, 0.25) is 0 Å². The molecule has 108 valence electrons. The summed E-state index contributed by atoms with van der Waals surface area (Å²) in [4.78, 5) is 4.83. The van der Waals surface area contributed by atoms with E-state index < -0.39 is 0 Å². The fraction of sp³-hybridized carbons (Fsp3) is 0.938. The molecule has 0 aromatic carbocycles. The first-order valence-corrected chi connectivity index (χ1v) is 9.23.